The molecule has 0 unspecified atom stereocenters. The fourth-order valence-electron chi connectivity index (χ4n) is 4.20. The first-order valence-corrected chi connectivity index (χ1v) is 12.0. The van der Waals surface area contributed by atoms with Crippen LogP contribution in [0.3, 0.4) is 0 Å². The first kappa shape index (κ1) is 24.3. The summed E-state index contributed by atoms with van der Waals surface area (Å²) >= 11 is 6.01. The third-order valence-corrected chi connectivity index (χ3v) is 6.40. The molecule has 0 bridgehead atoms. The summed E-state index contributed by atoms with van der Waals surface area (Å²) in [6.07, 6.45) is 0.356. The Balaban J connectivity index is 1.32. The van der Waals surface area contributed by atoms with E-state index in [-0.39, 0.29) is 17.4 Å². The number of methoxy groups -OCH3 is 1. The smallest absolute Gasteiger partial charge is 0.339 e. The van der Waals surface area contributed by atoms with Crippen molar-refractivity contribution < 1.29 is 19.1 Å². The van der Waals surface area contributed by atoms with E-state index in [9.17, 15) is 14.4 Å². The Hall–Kier alpha value is -4.43. The van der Waals surface area contributed by atoms with Gasteiger partial charge in [0.2, 0.25) is 5.91 Å². The van der Waals surface area contributed by atoms with Gasteiger partial charge in [-0.2, -0.15) is 5.10 Å². The fourth-order valence-corrected chi connectivity index (χ4v) is 4.33. The monoisotopic (exact) mass is 514 g/mol. The summed E-state index contributed by atoms with van der Waals surface area (Å²) in [5.74, 6) is -0.155. The average Bonchev–Trinajstić information content (AvgIpc) is 3.35. The number of carbonyl (C=O) groups is 3. The van der Waals surface area contributed by atoms with Crippen molar-refractivity contribution in [1.29, 1.82) is 0 Å². The number of rotatable bonds is 6. The lowest BCUT2D eigenvalue weighted by molar-refractivity contribution is -0.119. The lowest BCUT2D eigenvalue weighted by Crippen LogP contribution is -2.36. The molecule has 1 aliphatic heterocycles. The van der Waals surface area contributed by atoms with Crippen molar-refractivity contribution in [2.45, 2.75) is 19.5 Å². The first-order valence-electron chi connectivity index (χ1n) is 11.6. The summed E-state index contributed by atoms with van der Waals surface area (Å²) in [4.78, 5) is 39.3. The Bertz CT molecular complexity index is 1480. The van der Waals surface area contributed by atoms with Gasteiger partial charge in [0.15, 0.2) is 0 Å². The highest BCUT2D eigenvalue weighted by Crippen LogP contribution is 2.30. The van der Waals surface area contributed by atoms with Crippen LogP contribution in [0.25, 0.3) is 11.3 Å². The molecule has 3 aromatic carbocycles. The van der Waals surface area contributed by atoms with Crippen molar-refractivity contribution in [3.63, 3.8) is 0 Å². The van der Waals surface area contributed by atoms with E-state index in [1.165, 1.54) is 7.11 Å². The predicted molar refractivity (Wildman–Crippen MR) is 141 cm³/mol. The van der Waals surface area contributed by atoms with Gasteiger partial charge in [-0.05, 0) is 42.0 Å². The van der Waals surface area contributed by atoms with E-state index in [0.29, 0.717) is 35.8 Å². The molecule has 1 N–H and O–H groups in total. The number of aryl methyl sites for hydroxylation is 1. The van der Waals surface area contributed by atoms with Crippen molar-refractivity contribution in [2.75, 3.05) is 17.3 Å². The number of fused-ring (bicyclic) bond motifs is 1. The highest BCUT2D eigenvalue weighted by molar-refractivity contribution is 6.30. The zero-order valence-corrected chi connectivity index (χ0v) is 20.7. The van der Waals surface area contributed by atoms with Crippen LogP contribution in [0.1, 0.15) is 32.7 Å². The molecule has 186 valence electrons. The van der Waals surface area contributed by atoms with Crippen LogP contribution >= 0.6 is 11.6 Å². The molecule has 37 heavy (non-hydrogen) atoms. The predicted octanol–water partition coefficient (Wildman–Crippen LogP) is 5.18. The second-order valence-corrected chi connectivity index (χ2v) is 8.97. The Morgan fingerprint density at radius 2 is 1.76 bits per heavy atom. The normalized spacial score (nSPS) is 12.7. The maximum absolute atomic E-state index is 12.8. The number of nitrogens with one attached hydrogen (secondary N) is 1. The second kappa shape index (κ2) is 10.3. The van der Waals surface area contributed by atoms with Crippen LogP contribution in [0.15, 0.2) is 78.9 Å². The minimum absolute atomic E-state index is 0.0105. The summed E-state index contributed by atoms with van der Waals surface area (Å²) in [6, 6.07) is 23.0. The molecule has 0 aliphatic carbocycles. The van der Waals surface area contributed by atoms with Crippen molar-refractivity contribution in [2.24, 2.45) is 0 Å². The number of ether oxygens (including phenoxy) is 1. The van der Waals surface area contributed by atoms with E-state index in [1.807, 2.05) is 47.1 Å². The molecule has 4 aromatic rings. The van der Waals surface area contributed by atoms with E-state index in [4.69, 9.17) is 16.3 Å². The van der Waals surface area contributed by atoms with Crippen LogP contribution in [0, 0.1) is 0 Å². The van der Waals surface area contributed by atoms with E-state index >= 15 is 0 Å². The Labute approximate surface area is 218 Å². The molecule has 2 heterocycles. The van der Waals surface area contributed by atoms with Crippen molar-refractivity contribution in [3.8, 4) is 11.3 Å². The molecule has 0 spiro atoms. The highest BCUT2D eigenvalue weighted by Gasteiger charge is 2.26. The second-order valence-electron chi connectivity index (χ2n) is 8.54. The quantitative estimate of drug-likeness (QED) is 0.358. The van der Waals surface area contributed by atoms with Gasteiger partial charge in [-0.1, -0.05) is 48.0 Å². The number of hydrogen-bond acceptors (Lipinski definition) is 5. The van der Waals surface area contributed by atoms with Crippen molar-refractivity contribution in [1.82, 2.24) is 9.78 Å². The molecule has 1 aliphatic rings. The maximum Gasteiger partial charge on any atom is 0.339 e. The summed E-state index contributed by atoms with van der Waals surface area (Å²) in [7, 11) is 1.29. The van der Waals surface area contributed by atoms with Crippen LogP contribution in [-0.2, 0) is 22.6 Å². The molecule has 0 saturated carbocycles. The third-order valence-electron chi connectivity index (χ3n) is 6.15. The number of halogens is 1. The molecular weight excluding hydrogens is 492 g/mol. The molecule has 0 radical (unpaired) electrons. The van der Waals surface area contributed by atoms with Gasteiger partial charge < -0.3 is 10.1 Å². The largest absolute Gasteiger partial charge is 0.465 e. The minimum atomic E-state index is -0.532. The third kappa shape index (κ3) is 5.10. The zero-order chi connectivity index (χ0) is 25.9. The molecule has 0 atom stereocenters. The number of anilines is 2. The maximum atomic E-state index is 12.8. The van der Waals surface area contributed by atoms with Gasteiger partial charge in [-0.15, -0.1) is 0 Å². The molecule has 5 rings (SSSR count). The molecule has 8 nitrogen and oxygen atoms in total. The minimum Gasteiger partial charge on any atom is -0.465 e. The summed E-state index contributed by atoms with van der Waals surface area (Å²) in [5.41, 5.74) is 3.61. The van der Waals surface area contributed by atoms with Crippen LogP contribution in [0.4, 0.5) is 11.5 Å². The van der Waals surface area contributed by atoms with Gasteiger partial charge >= 0.3 is 5.97 Å². The molecule has 9 heteroatoms. The first-order chi connectivity index (χ1) is 17.9. The number of aromatic nitrogens is 2. The van der Waals surface area contributed by atoms with Crippen LogP contribution in [0.2, 0.25) is 5.02 Å². The number of nitrogens with zero attached hydrogens (tertiary/aromatic N) is 3. The lowest BCUT2D eigenvalue weighted by atomic mass is 10.1. The van der Waals surface area contributed by atoms with Gasteiger partial charge in [0.1, 0.15) is 5.82 Å². The number of carbonyl (C=O) groups excluding carboxylic acids is 3. The van der Waals surface area contributed by atoms with Crippen LogP contribution < -0.4 is 10.2 Å². The molecule has 0 saturated heterocycles. The molecule has 1 aromatic heterocycles. The zero-order valence-electron chi connectivity index (χ0n) is 20.0. The summed E-state index contributed by atoms with van der Waals surface area (Å²) in [5, 5.41) is 8.08. The number of benzene rings is 3. The summed E-state index contributed by atoms with van der Waals surface area (Å²) in [6.45, 7) is 0.863. The van der Waals surface area contributed by atoms with Gasteiger partial charge in [-0.25, -0.2) is 9.48 Å². The van der Waals surface area contributed by atoms with E-state index in [2.05, 4.69) is 10.4 Å². The van der Waals surface area contributed by atoms with Gasteiger partial charge in [0.25, 0.3) is 5.91 Å². The van der Waals surface area contributed by atoms with Crippen LogP contribution in [-0.4, -0.2) is 34.7 Å². The van der Waals surface area contributed by atoms with Crippen molar-refractivity contribution >= 4 is 40.9 Å². The Morgan fingerprint density at radius 3 is 2.49 bits per heavy atom. The number of amides is 2. The van der Waals surface area contributed by atoms with E-state index in [0.717, 1.165) is 22.6 Å². The van der Waals surface area contributed by atoms with Crippen LogP contribution in [0.5, 0.6) is 0 Å². The van der Waals surface area contributed by atoms with Crippen molar-refractivity contribution in [3.05, 3.63) is 101 Å². The highest BCUT2D eigenvalue weighted by atomic mass is 35.5. The Kier molecular flexibility index (Phi) is 6.74. The van der Waals surface area contributed by atoms with Gasteiger partial charge in [-0.3, -0.25) is 14.5 Å². The lowest BCUT2D eigenvalue weighted by Gasteiger charge is -2.27. The number of hydrogen-bond donors (Lipinski definition) is 1. The summed E-state index contributed by atoms with van der Waals surface area (Å²) < 4.78 is 6.62. The average molecular weight is 515 g/mol. The SMILES string of the molecule is COC(=O)c1ccccc1NC(=O)c1ccc(CN2C(=O)CCn3nc(-c4ccc(Cl)cc4)cc32)cc1. The van der Waals surface area contributed by atoms with Gasteiger partial charge in [0.05, 0.1) is 37.1 Å². The van der Waals surface area contributed by atoms with E-state index < -0.39 is 5.97 Å². The fraction of sp³-hybridized carbons (Fsp3) is 0.143. The standard InChI is InChI=1S/C28H23ClN4O4/c1-37-28(36)22-4-2-3-5-23(22)30-27(35)20-8-6-18(7-9-20)17-32-25-16-24(19-10-12-21(29)13-11-19)31-33(25)15-14-26(32)34/h2-13,16H,14-15,17H2,1H3,(H,30,35). The molecular formula is C28H23ClN4O4. The number of esters is 1. The topological polar surface area (TPSA) is 93.5 Å². The van der Waals surface area contributed by atoms with Gasteiger partial charge in [0, 0.05) is 28.6 Å². The molecule has 2 amide bonds. The molecule has 0 fully saturated rings. The van der Waals surface area contributed by atoms with E-state index in [1.54, 1.807) is 41.3 Å². The number of para-hydroxylation sites is 1. The Morgan fingerprint density at radius 1 is 1.03 bits per heavy atom.